The number of benzene rings is 2. The summed E-state index contributed by atoms with van der Waals surface area (Å²) in [4.78, 5) is 38.5. The van der Waals surface area contributed by atoms with Crippen molar-refractivity contribution in [1.29, 1.82) is 0 Å². The fourth-order valence-electron chi connectivity index (χ4n) is 3.51. The highest BCUT2D eigenvalue weighted by Gasteiger charge is 2.25. The van der Waals surface area contributed by atoms with Crippen molar-refractivity contribution in [2.75, 3.05) is 19.6 Å². The standard InChI is InChI=1S/C23H22N2O5/c26-19-14-21(30-20-9-5-4-8-18(19)20)22(27)24-15-16-10-12-25(13-11-16)23(28)29-17-6-2-1-3-7-17/h1-9,14,16H,10-13,15H2,(H,24,27). The number of carbonyl (C=O) groups is 2. The summed E-state index contributed by atoms with van der Waals surface area (Å²) in [6, 6.07) is 17.0. The van der Waals surface area contributed by atoms with Crippen LogP contribution < -0.4 is 15.5 Å². The number of rotatable bonds is 4. The van der Waals surface area contributed by atoms with E-state index in [1.807, 2.05) is 18.2 Å². The van der Waals surface area contributed by atoms with Crippen molar-refractivity contribution in [2.45, 2.75) is 12.8 Å². The van der Waals surface area contributed by atoms with Gasteiger partial charge in [-0.1, -0.05) is 30.3 Å². The van der Waals surface area contributed by atoms with E-state index in [1.54, 1.807) is 41.3 Å². The second-order valence-electron chi connectivity index (χ2n) is 7.29. The van der Waals surface area contributed by atoms with Crippen molar-refractivity contribution in [3.8, 4) is 5.75 Å². The number of para-hydroxylation sites is 2. The third-order valence-corrected chi connectivity index (χ3v) is 5.23. The molecule has 0 radical (unpaired) electrons. The minimum absolute atomic E-state index is 0.00238. The van der Waals surface area contributed by atoms with Gasteiger partial charge in [0, 0.05) is 25.7 Å². The Balaban J connectivity index is 1.28. The highest BCUT2D eigenvalue weighted by molar-refractivity contribution is 5.93. The molecule has 1 fully saturated rings. The Bertz CT molecular complexity index is 1100. The molecule has 7 heteroatoms. The van der Waals surface area contributed by atoms with Gasteiger partial charge in [0.25, 0.3) is 5.91 Å². The molecule has 0 atom stereocenters. The predicted molar refractivity (Wildman–Crippen MR) is 112 cm³/mol. The van der Waals surface area contributed by atoms with Gasteiger partial charge < -0.3 is 19.4 Å². The molecule has 0 bridgehead atoms. The maximum Gasteiger partial charge on any atom is 0.415 e. The number of ether oxygens (including phenoxy) is 1. The first-order valence-electron chi connectivity index (χ1n) is 9.93. The number of amides is 2. The SMILES string of the molecule is O=C(NCC1CCN(C(=O)Oc2ccccc2)CC1)c1cc(=O)c2ccccc2o1. The van der Waals surface area contributed by atoms with Gasteiger partial charge in [-0.2, -0.15) is 0 Å². The van der Waals surface area contributed by atoms with Crippen LogP contribution in [0, 0.1) is 5.92 Å². The fraction of sp³-hybridized carbons (Fsp3) is 0.261. The van der Waals surface area contributed by atoms with Gasteiger partial charge in [0.1, 0.15) is 11.3 Å². The van der Waals surface area contributed by atoms with Crippen LogP contribution in [0.4, 0.5) is 4.79 Å². The van der Waals surface area contributed by atoms with E-state index >= 15 is 0 Å². The van der Waals surface area contributed by atoms with Gasteiger partial charge in [0.15, 0.2) is 11.2 Å². The van der Waals surface area contributed by atoms with E-state index in [2.05, 4.69) is 5.32 Å². The van der Waals surface area contributed by atoms with Crippen LogP contribution in [0.3, 0.4) is 0 Å². The number of piperidine rings is 1. The Morgan fingerprint density at radius 3 is 2.50 bits per heavy atom. The van der Waals surface area contributed by atoms with Gasteiger partial charge in [-0.15, -0.1) is 0 Å². The summed E-state index contributed by atoms with van der Waals surface area (Å²) in [5.41, 5.74) is 0.146. The quantitative estimate of drug-likeness (QED) is 0.717. The average molecular weight is 406 g/mol. The molecule has 3 aromatic rings. The number of fused-ring (bicyclic) bond motifs is 1. The van der Waals surface area contributed by atoms with Crippen LogP contribution in [0.5, 0.6) is 5.75 Å². The van der Waals surface area contributed by atoms with Crippen molar-refractivity contribution >= 4 is 23.0 Å². The Labute approximate surface area is 173 Å². The topological polar surface area (TPSA) is 88.9 Å². The minimum Gasteiger partial charge on any atom is -0.451 e. The number of likely N-dealkylation sites (tertiary alicyclic amines) is 1. The molecule has 4 rings (SSSR count). The molecule has 0 unspecified atom stereocenters. The van der Waals surface area contributed by atoms with Gasteiger partial charge in [0.2, 0.25) is 0 Å². The van der Waals surface area contributed by atoms with Crippen molar-refractivity contribution in [1.82, 2.24) is 10.2 Å². The summed E-state index contributed by atoms with van der Waals surface area (Å²) in [6.07, 6.45) is 1.15. The average Bonchev–Trinajstić information content (AvgIpc) is 2.78. The molecule has 0 saturated carbocycles. The number of hydrogen-bond acceptors (Lipinski definition) is 5. The zero-order valence-corrected chi connectivity index (χ0v) is 16.4. The lowest BCUT2D eigenvalue weighted by atomic mass is 9.97. The van der Waals surface area contributed by atoms with Gasteiger partial charge in [0.05, 0.1) is 5.39 Å². The molecule has 2 amide bonds. The number of nitrogens with one attached hydrogen (secondary N) is 1. The summed E-state index contributed by atoms with van der Waals surface area (Å²) in [5, 5.41) is 3.29. The monoisotopic (exact) mass is 406 g/mol. The Morgan fingerprint density at radius 1 is 1.03 bits per heavy atom. The highest BCUT2D eigenvalue weighted by Crippen LogP contribution is 2.19. The maximum atomic E-state index is 12.4. The zero-order chi connectivity index (χ0) is 20.9. The Kier molecular flexibility index (Phi) is 5.79. The van der Waals surface area contributed by atoms with Crippen LogP contribution in [0.25, 0.3) is 11.0 Å². The first kappa shape index (κ1) is 19.7. The predicted octanol–water partition coefficient (Wildman–Crippen LogP) is 3.43. The fourth-order valence-corrected chi connectivity index (χ4v) is 3.51. The van der Waals surface area contributed by atoms with Crippen molar-refractivity contribution in [2.24, 2.45) is 5.92 Å². The van der Waals surface area contributed by atoms with Crippen LogP contribution >= 0.6 is 0 Å². The molecule has 1 saturated heterocycles. The minimum atomic E-state index is -0.413. The van der Waals surface area contributed by atoms with Crippen molar-refractivity contribution in [3.63, 3.8) is 0 Å². The van der Waals surface area contributed by atoms with E-state index in [0.717, 1.165) is 12.8 Å². The molecular weight excluding hydrogens is 384 g/mol. The van der Waals surface area contributed by atoms with E-state index in [4.69, 9.17) is 9.15 Å². The van der Waals surface area contributed by atoms with Crippen LogP contribution in [-0.4, -0.2) is 36.5 Å². The lowest BCUT2D eigenvalue weighted by molar-refractivity contribution is 0.0905. The molecule has 0 aliphatic carbocycles. The summed E-state index contributed by atoms with van der Waals surface area (Å²) < 4.78 is 10.9. The Hall–Kier alpha value is -3.61. The molecule has 30 heavy (non-hydrogen) atoms. The summed E-state index contributed by atoms with van der Waals surface area (Å²) in [5.74, 6) is 0.349. The molecular formula is C23H22N2O5. The van der Waals surface area contributed by atoms with Gasteiger partial charge in [-0.25, -0.2) is 4.79 Å². The van der Waals surface area contributed by atoms with Crippen LogP contribution in [0.15, 0.2) is 69.9 Å². The van der Waals surface area contributed by atoms with E-state index in [-0.39, 0.29) is 23.2 Å². The second-order valence-corrected chi connectivity index (χ2v) is 7.29. The van der Waals surface area contributed by atoms with E-state index < -0.39 is 5.91 Å². The van der Waals surface area contributed by atoms with E-state index in [1.165, 1.54) is 6.07 Å². The normalized spacial score (nSPS) is 14.5. The molecule has 2 aromatic carbocycles. The smallest absolute Gasteiger partial charge is 0.415 e. The van der Waals surface area contributed by atoms with Gasteiger partial charge in [-0.05, 0) is 43.0 Å². The molecule has 154 valence electrons. The number of hydrogen-bond donors (Lipinski definition) is 1. The third kappa shape index (κ3) is 4.51. The first-order chi connectivity index (χ1) is 14.6. The van der Waals surface area contributed by atoms with Gasteiger partial charge >= 0.3 is 6.09 Å². The first-order valence-corrected chi connectivity index (χ1v) is 9.93. The molecule has 1 aromatic heterocycles. The largest absolute Gasteiger partial charge is 0.451 e. The summed E-state index contributed by atoms with van der Waals surface area (Å²) >= 11 is 0. The van der Waals surface area contributed by atoms with Gasteiger partial charge in [-0.3, -0.25) is 9.59 Å². The molecule has 0 spiro atoms. The Morgan fingerprint density at radius 2 is 1.73 bits per heavy atom. The third-order valence-electron chi connectivity index (χ3n) is 5.23. The molecule has 7 nitrogen and oxygen atoms in total. The summed E-state index contributed by atoms with van der Waals surface area (Å²) in [7, 11) is 0. The van der Waals surface area contributed by atoms with E-state index in [9.17, 15) is 14.4 Å². The lowest BCUT2D eigenvalue weighted by Crippen LogP contribution is -2.42. The van der Waals surface area contributed by atoms with Crippen molar-refractivity contribution in [3.05, 3.63) is 76.6 Å². The lowest BCUT2D eigenvalue weighted by Gasteiger charge is -2.31. The summed E-state index contributed by atoms with van der Waals surface area (Å²) in [6.45, 7) is 1.59. The van der Waals surface area contributed by atoms with Crippen LogP contribution in [-0.2, 0) is 0 Å². The molecule has 2 heterocycles. The number of carbonyl (C=O) groups excluding carboxylic acids is 2. The highest BCUT2D eigenvalue weighted by atomic mass is 16.6. The van der Waals surface area contributed by atoms with Crippen LogP contribution in [0.2, 0.25) is 0 Å². The molecule has 1 aliphatic heterocycles. The van der Waals surface area contributed by atoms with Crippen LogP contribution in [0.1, 0.15) is 23.4 Å². The maximum absolute atomic E-state index is 12.4. The molecule has 1 N–H and O–H groups in total. The zero-order valence-electron chi connectivity index (χ0n) is 16.4. The molecule has 1 aliphatic rings. The van der Waals surface area contributed by atoms with E-state index in [0.29, 0.717) is 36.4 Å². The second kappa shape index (κ2) is 8.82. The van der Waals surface area contributed by atoms with Crippen molar-refractivity contribution < 1.29 is 18.7 Å². The number of nitrogens with zero attached hydrogens (tertiary/aromatic N) is 1.